The summed E-state index contributed by atoms with van der Waals surface area (Å²) in [5.74, 6) is -1.88. The summed E-state index contributed by atoms with van der Waals surface area (Å²) >= 11 is 0. The van der Waals surface area contributed by atoms with E-state index in [0.29, 0.717) is 12.2 Å². The van der Waals surface area contributed by atoms with E-state index in [1.165, 1.54) is 13.8 Å². The van der Waals surface area contributed by atoms with Crippen LogP contribution in [0.2, 0.25) is 0 Å². The Morgan fingerprint density at radius 2 is 1.30 bits per heavy atom. The Morgan fingerprint density at radius 1 is 0.900 bits per heavy atom. The monoisotopic (exact) mass is 450 g/mol. The predicted molar refractivity (Wildman–Crippen MR) is 115 cm³/mol. The van der Waals surface area contributed by atoms with E-state index in [2.05, 4.69) is 31.4 Å². The van der Waals surface area contributed by atoms with Crippen molar-refractivity contribution in [2.24, 2.45) is 0 Å². The third-order valence-corrected chi connectivity index (χ3v) is 4.38. The summed E-state index contributed by atoms with van der Waals surface area (Å²) in [4.78, 5) is 31.2. The molecule has 10 heteroatoms. The highest BCUT2D eigenvalue weighted by Crippen LogP contribution is 2.05. The molecule has 0 rings (SSSR count). The zero-order valence-corrected chi connectivity index (χ0v) is 19.2. The molecule has 0 amide bonds. The van der Waals surface area contributed by atoms with Gasteiger partial charge in [-0.15, -0.1) is 0 Å². The number of esters is 2. The van der Waals surface area contributed by atoms with E-state index in [0.717, 1.165) is 12.8 Å². The second kappa shape index (κ2) is 17.4. The Bertz CT molecular complexity index is 694. The lowest BCUT2D eigenvalue weighted by atomic mass is 10.3. The summed E-state index contributed by atoms with van der Waals surface area (Å²) in [7, 11) is -4.14. The minimum atomic E-state index is -4.14. The van der Waals surface area contributed by atoms with Crippen LogP contribution in [0.1, 0.15) is 53.9 Å². The van der Waals surface area contributed by atoms with Gasteiger partial charge in [-0.2, -0.15) is 8.42 Å². The lowest BCUT2D eigenvalue weighted by Gasteiger charge is -2.11. The second-order valence-electron chi connectivity index (χ2n) is 6.28. The molecular weight excluding hydrogens is 416 g/mol. The Labute approximate surface area is 179 Å². The number of hydrogen-bond donors (Lipinski definition) is 2. The molecule has 0 saturated heterocycles. The minimum absolute atomic E-state index is 0.176. The number of ether oxygens (including phenoxy) is 2. The quantitative estimate of drug-likeness (QED) is 0.221. The van der Waals surface area contributed by atoms with Gasteiger partial charge in [0.05, 0.1) is 6.61 Å². The van der Waals surface area contributed by atoms with Crippen LogP contribution < -0.4 is 0 Å². The summed E-state index contributed by atoms with van der Waals surface area (Å²) in [5.41, 5.74) is 0.835. The van der Waals surface area contributed by atoms with Gasteiger partial charge in [0.2, 0.25) is 0 Å². The maximum Gasteiger partial charge on any atom is 0.333 e. The molecule has 0 aliphatic heterocycles. The first-order chi connectivity index (χ1) is 13.6. The number of unbranched alkanes of at least 4 members (excludes halogenated alkanes) is 1. The average molecular weight is 451 g/mol. The van der Waals surface area contributed by atoms with Gasteiger partial charge in [0.1, 0.15) is 11.9 Å². The van der Waals surface area contributed by atoms with Crippen molar-refractivity contribution >= 4 is 28.0 Å². The summed E-state index contributed by atoms with van der Waals surface area (Å²) in [6.45, 7) is 18.3. The molecule has 2 N–H and O–H groups in total. The fourth-order valence-electron chi connectivity index (χ4n) is 1.14. The molecule has 1 atom stereocenters. The number of carbonyl (C=O) groups is 3. The van der Waals surface area contributed by atoms with Crippen LogP contribution in [0.25, 0.3) is 0 Å². The molecule has 30 heavy (non-hydrogen) atoms. The van der Waals surface area contributed by atoms with Crippen molar-refractivity contribution in [1.82, 2.24) is 0 Å². The maximum absolute atomic E-state index is 10.9. The molecule has 0 aromatic carbocycles. The van der Waals surface area contributed by atoms with E-state index in [1.807, 2.05) is 0 Å². The Hall–Kier alpha value is -2.46. The van der Waals surface area contributed by atoms with Crippen LogP contribution >= 0.6 is 0 Å². The fourth-order valence-corrected chi connectivity index (χ4v) is 1.80. The van der Waals surface area contributed by atoms with Crippen LogP contribution in [-0.4, -0.2) is 54.4 Å². The highest BCUT2D eigenvalue weighted by Gasteiger charge is 2.22. The Kier molecular flexibility index (Phi) is 18.7. The maximum atomic E-state index is 10.9. The smallest absolute Gasteiger partial charge is 0.333 e. The standard InChI is InChI=1S/C8H14O5S.C8H14O2.C4H6O2/c1-4-7(14(10,11)12)5-13-8(9)6(2)3;1-4-5-6-10-8(9)7(2)3;1-3(2)4(5)6/h7H,2,4-5H2,1,3H3,(H,10,11,12);2,4-6H2,1,3H3;1H2,2H3,(H,5,6). The summed E-state index contributed by atoms with van der Waals surface area (Å²) < 4.78 is 39.5. The zero-order valence-electron chi connectivity index (χ0n) is 18.4. The normalized spacial score (nSPS) is 10.7. The lowest BCUT2D eigenvalue weighted by molar-refractivity contribution is -0.139. The molecule has 0 aromatic rings. The van der Waals surface area contributed by atoms with E-state index in [4.69, 9.17) is 14.4 Å². The molecule has 0 radical (unpaired) electrons. The number of carboxylic acids is 1. The SMILES string of the molecule is C=C(C)C(=O)O.C=C(C)C(=O)OCC(CC)S(=O)(=O)O.C=C(C)C(=O)OCCCC. The predicted octanol–water partition coefficient (Wildman–Crippen LogP) is 3.33. The molecule has 0 saturated carbocycles. The van der Waals surface area contributed by atoms with Crippen LogP contribution in [0.4, 0.5) is 0 Å². The molecule has 0 aromatic heterocycles. The van der Waals surface area contributed by atoms with E-state index in [9.17, 15) is 22.8 Å². The molecule has 0 fully saturated rings. The fraction of sp³-hybridized carbons (Fsp3) is 0.550. The van der Waals surface area contributed by atoms with Crippen molar-refractivity contribution in [2.75, 3.05) is 13.2 Å². The lowest BCUT2D eigenvalue weighted by Crippen LogP contribution is -2.26. The van der Waals surface area contributed by atoms with E-state index in [1.54, 1.807) is 13.8 Å². The number of carboxylic acid groups (broad SMARTS) is 1. The van der Waals surface area contributed by atoms with E-state index >= 15 is 0 Å². The number of carbonyl (C=O) groups excluding carboxylic acids is 2. The summed E-state index contributed by atoms with van der Waals surface area (Å²) in [6, 6.07) is 0. The van der Waals surface area contributed by atoms with Crippen molar-refractivity contribution in [2.45, 2.75) is 59.1 Å². The van der Waals surface area contributed by atoms with Crippen molar-refractivity contribution in [3.8, 4) is 0 Å². The van der Waals surface area contributed by atoms with E-state index in [-0.39, 0.29) is 30.1 Å². The van der Waals surface area contributed by atoms with Crippen molar-refractivity contribution in [3.05, 3.63) is 36.5 Å². The number of hydrogen-bond acceptors (Lipinski definition) is 7. The Balaban J connectivity index is -0.000000397. The second-order valence-corrected chi connectivity index (χ2v) is 7.98. The van der Waals surface area contributed by atoms with Gasteiger partial charge in [-0.05, 0) is 33.6 Å². The third kappa shape index (κ3) is 20.3. The summed E-state index contributed by atoms with van der Waals surface area (Å²) in [6.07, 6.45) is 2.16. The van der Waals surface area contributed by atoms with Gasteiger partial charge in [-0.1, -0.05) is 40.0 Å². The van der Waals surface area contributed by atoms with E-state index < -0.39 is 27.3 Å². The van der Waals surface area contributed by atoms with Crippen molar-refractivity contribution < 1.29 is 41.9 Å². The van der Waals surface area contributed by atoms with Crippen LogP contribution in [0, 0.1) is 0 Å². The molecule has 1 unspecified atom stereocenters. The molecule has 9 nitrogen and oxygen atoms in total. The number of rotatable bonds is 10. The van der Waals surface area contributed by atoms with Crippen molar-refractivity contribution in [1.29, 1.82) is 0 Å². The molecule has 0 bridgehead atoms. The van der Waals surface area contributed by atoms with Gasteiger partial charge in [0.15, 0.2) is 0 Å². The third-order valence-electron chi connectivity index (χ3n) is 3.07. The molecule has 174 valence electrons. The first-order valence-electron chi connectivity index (χ1n) is 9.11. The molecule has 0 spiro atoms. The van der Waals surface area contributed by atoms with Crippen molar-refractivity contribution in [3.63, 3.8) is 0 Å². The van der Waals surface area contributed by atoms with Gasteiger partial charge < -0.3 is 14.6 Å². The van der Waals surface area contributed by atoms with Crippen LogP contribution in [0.15, 0.2) is 36.5 Å². The molecule has 0 heterocycles. The van der Waals surface area contributed by atoms with Gasteiger partial charge in [0.25, 0.3) is 10.1 Å². The highest BCUT2D eigenvalue weighted by molar-refractivity contribution is 7.86. The topological polar surface area (TPSA) is 144 Å². The van der Waals surface area contributed by atoms with Crippen LogP contribution in [0.5, 0.6) is 0 Å². The van der Waals surface area contributed by atoms with Gasteiger partial charge in [0, 0.05) is 16.7 Å². The molecule has 0 aliphatic carbocycles. The van der Waals surface area contributed by atoms with Crippen LogP contribution in [0.3, 0.4) is 0 Å². The molecule has 0 aliphatic rings. The minimum Gasteiger partial charge on any atom is -0.478 e. The van der Waals surface area contributed by atoms with Gasteiger partial charge in [-0.25, -0.2) is 14.4 Å². The largest absolute Gasteiger partial charge is 0.478 e. The van der Waals surface area contributed by atoms with Crippen LogP contribution in [-0.2, 0) is 34.0 Å². The summed E-state index contributed by atoms with van der Waals surface area (Å²) in [5, 5.41) is 6.83. The first-order valence-corrected chi connectivity index (χ1v) is 10.6. The first kappa shape index (κ1) is 32.2. The zero-order chi connectivity index (χ0) is 24.5. The molecular formula is C20H34O9S. The average Bonchev–Trinajstić information content (AvgIpc) is 2.61. The highest BCUT2D eigenvalue weighted by atomic mass is 32.2. The van der Waals surface area contributed by atoms with Gasteiger partial charge >= 0.3 is 17.9 Å². The Morgan fingerprint density at radius 3 is 1.57 bits per heavy atom. The van der Waals surface area contributed by atoms with Gasteiger partial charge in [-0.3, -0.25) is 4.55 Å². The number of aliphatic carboxylic acids is 1.